The minimum absolute atomic E-state index is 0.0312. The molecule has 1 aromatic carbocycles. The Kier molecular flexibility index (Phi) is 4.64. The predicted octanol–water partition coefficient (Wildman–Crippen LogP) is 2.93. The van der Waals surface area contributed by atoms with Crippen molar-refractivity contribution in [2.75, 3.05) is 19.6 Å². The van der Waals surface area contributed by atoms with Crippen LogP contribution in [0.5, 0.6) is 17.2 Å². The molecule has 0 saturated heterocycles. The van der Waals surface area contributed by atoms with Gasteiger partial charge in [-0.1, -0.05) is 0 Å². The minimum atomic E-state index is -0.0312. The summed E-state index contributed by atoms with van der Waals surface area (Å²) in [6, 6.07) is 3.34. The van der Waals surface area contributed by atoms with Crippen LogP contribution in [0.2, 0.25) is 0 Å². The van der Waals surface area contributed by atoms with Crippen LogP contribution in [-0.2, 0) is 0 Å². The third kappa shape index (κ3) is 3.43. The molecule has 0 saturated carbocycles. The SMILES string of the molecule is COc1cc(/C=N\Nc2nc(C)c(C)s2)cc(OC)c1O. The molecular formula is C14H17N3O3S. The summed E-state index contributed by atoms with van der Waals surface area (Å²) in [5, 5.41) is 14.7. The van der Waals surface area contributed by atoms with E-state index in [0.29, 0.717) is 11.5 Å². The van der Waals surface area contributed by atoms with Gasteiger partial charge < -0.3 is 14.6 Å². The minimum Gasteiger partial charge on any atom is -0.502 e. The lowest BCUT2D eigenvalue weighted by molar-refractivity contribution is 0.340. The lowest BCUT2D eigenvalue weighted by Crippen LogP contribution is -1.94. The molecule has 0 amide bonds. The van der Waals surface area contributed by atoms with Gasteiger partial charge in [-0.05, 0) is 26.0 Å². The second-order valence-electron chi connectivity index (χ2n) is 4.30. The van der Waals surface area contributed by atoms with Gasteiger partial charge in [-0.2, -0.15) is 5.10 Å². The lowest BCUT2D eigenvalue weighted by atomic mass is 10.2. The Morgan fingerprint density at radius 2 is 1.86 bits per heavy atom. The van der Waals surface area contributed by atoms with E-state index >= 15 is 0 Å². The second-order valence-corrected chi connectivity index (χ2v) is 5.51. The van der Waals surface area contributed by atoms with Crippen molar-refractivity contribution in [1.82, 2.24) is 4.98 Å². The molecule has 0 spiro atoms. The number of methoxy groups -OCH3 is 2. The van der Waals surface area contributed by atoms with Crippen LogP contribution in [0.4, 0.5) is 5.13 Å². The average Bonchev–Trinajstić information content (AvgIpc) is 2.79. The maximum Gasteiger partial charge on any atom is 0.203 e. The first-order chi connectivity index (χ1) is 10.0. The van der Waals surface area contributed by atoms with Crippen LogP contribution < -0.4 is 14.9 Å². The van der Waals surface area contributed by atoms with Crippen molar-refractivity contribution in [3.05, 3.63) is 28.3 Å². The molecule has 0 aliphatic heterocycles. The van der Waals surface area contributed by atoms with E-state index in [4.69, 9.17) is 9.47 Å². The van der Waals surface area contributed by atoms with Crippen LogP contribution in [0.3, 0.4) is 0 Å². The molecule has 2 N–H and O–H groups in total. The molecule has 0 unspecified atom stereocenters. The quantitative estimate of drug-likeness (QED) is 0.656. The van der Waals surface area contributed by atoms with E-state index in [1.807, 2.05) is 13.8 Å². The number of thiazole rings is 1. The molecule has 6 nitrogen and oxygen atoms in total. The van der Waals surface area contributed by atoms with Gasteiger partial charge in [0.05, 0.1) is 26.1 Å². The van der Waals surface area contributed by atoms with E-state index < -0.39 is 0 Å². The summed E-state index contributed by atoms with van der Waals surface area (Å²) < 4.78 is 10.2. The fraction of sp³-hybridized carbons (Fsp3) is 0.286. The number of benzene rings is 1. The summed E-state index contributed by atoms with van der Waals surface area (Å²) in [6.45, 7) is 3.97. The zero-order valence-corrected chi connectivity index (χ0v) is 13.1. The van der Waals surface area contributed by atoms with Crippen LogP contribution in [0, 0.1) is 13.8 Å². The highest BCUT2D eigenvalue weighted by Gasteiger charge is 2.10. The Hall–Kier alpha value is -2.28. The van der Waals surface area contributed by atoms with Crippen molar-refractivity contribution in [1.29, 1.82) is 0 Å². The number of hydrazone groups is 1. The molecule has 1 heterocycles. The predicted molar refractivity (Wildman–Crippen MR) is 84.0 cm³/mol. The first kappa shape index (κ1) is 15.1. The standard InChI is InChI=1S/C14H17N3O3S/c1-8-9(2)21-14(16-8)17-15-7-10-5-11(19-3)13(18)12(6-10)20-4/h5-7,18H,1-4H3,(H,16,17)/b15-7-. The van der Waals surface area contributed by atoms with Gasteiger partial charge in [-0.25, -0.2) is 4.98 Å². The zero-order valence-electron chi connectivity index (χ0n) is 12.3. The van der Waals surface area contributed by atoms with Crippen LogP contribution in [-0.4, -0.2) is 30.5 Å². The van der Waals surface area contributed by atoms with Gasteiger partial charge in [0.15, 0.2) is 11.5 Å². The van der Waals surface area contributed by atoms with Gasteiger partial charge in [-0.15, -0.1) is 11.3 Å². The number of hydrogen-bond donors (Lipinski definition) is 2. The van der Waals surface area contributed by atoms with E-state index in [9.17, 15) is 5.11 Å². The Labute approximate surface area is 127 Å². The molecule has 7 heteroatoms. The average molecular weight is 307 g/mol. The van der Waals surface area contributed by atoms with Gasteiger partial charge in [0, 0.05) is 10.4 Å². The summed E-state index contributed by atoms with van der Waals surface area (Å²) in [5.41, 5.74) is 4.60. The highest BCUT2D eigenvalue weighted by Crippen LogP contribution is 2.36. The van der Waals surface area contributed by atoms with E-state index in [-0.39, 0.29) is 5.75 Å². The van der Waals surface area contributed by atoms with E-state index in [1.165, 1.54) is 14.2 Å². The molecule has 1 aromatic heterocycles. The number of hydrogen-bond acceptors (Lipinski definition) is 7. The first-order valence-electron chi connectivity index (χ1n) is 6.23. The summed E-state index contributed by atoms with van der Waals surface area (Å²) >= 11 is 1.54. The topological polar surface area (TPSA) is 76.0 Å². The number of ether oxygens (including phenoxy) is 2. The Balaban J connectivity index is 2.16. The van der Waals surface area contributed by atoms with Crippen molar-refractivity contribution in [3.8, 4) is 17.2 Å². The molecule has 2 rings (SSSR count). The lowest BCUT2D eigenvalue weighted by Gasteiger charge is -2.09. The van der Waals surface area contributed by atoms with Crippen molar-refractivity contribution in [3.63, 3.8) is 0 Å². The largest absolute Gasteiger partial charge is 0.502 e. The molecule has 0 aliphatic carbocycles. The fourth-order valence-corrected chi connectivity index (χ4v) is 2.44. The molecule has 0 aliphatic rings. The van der Waals surface area contributed by atoms with Crippen LogP contribution >= 0.6 is 11.3 Å². The van der Waals surface area contributed by atoms with Crippen LogP contribution in [0.1, 0.15) is 16.1 Å². The number of aryl methyl sites for hydroxylation is 2. The van der Waals surface area contributed by atoms with E-state index in [0.717, 1.165) is 21.3 Å². The highest BCUT2D eigenvalue weighted by molar-refractivity contribution is 7.15. The number of phenols is 1. The number of aromatic nitrogens is 1. The molecule has 0 bridgehead atoms. The molecule has 0 radical (unpaired) electrons. The van der Waals surface area contributed by atoms with Crippen LogP contribution in [0.25, 0.3) is 0 Å². The number of anilines is 1. The summed E-state index contributed by atoms with van der Waals surface area (Å²) in [6.07, 6.45) is 1.61. The number of phenolic OH excluding ortho intramolecular Hbond substituents is 1. The molecule has 2 aromatic rings. The van der Waals surface area contributed by atoms with Crippen molar-refractivity contribution >= 4 is 22.7 Å². The molecular weight excluding hydrogens is 290 g/mol. The Bertz CT molecular complexity index is 623. The van der Waals surface area contributed by atoms with Crippen LogP contribution in [0.15, 0.2) is 17.2 Å². The molecule has 0 atom stereocenters. The number of aromatic hydroxyl groups is 1. The summed E-state index contributed by atoms with van der Waals surface area (Å²) in [7, 11) is 2.96. The van der Waals surface area contributed by atoms with Crippen molar-refractivity contribution < 1.29 is 14.6 Å². The Morgan fingerprint density at radius 1 is 1.24 bits per heavy atom. The smallest absolute Gasteiger partial charge is 0.203 e. The first-order valence-corrected chi connectivity index (χ1v) is 7.05. The van der Waals surface area contributed by atoms with E-state index in [2.05, 4.69) is 15.5 Å². The third-order valence-electron chi connectivity index (χ3n) is 2.90. The summed E-state index contributed by atoms with van der Waals surface area (Å²) in [5.74, 6) is 0.629. The van der Waals surface area contributed by atoms with E-state index in [1.54, 1.807) is 29.7 Å². The number of nitrogens with one attached hydrogen (secondary N) is 1. The normalized spacial score (nSPS) is 10.9. The van der Waals surface area contributed by atoms with Gasteiger partial charge in [0.2, 0.25) is 10.9 Å². The fourth-order valence-electron chi connectivity index (χ4n) is 1.67. The second kappa shape index (κ2) is 6.45. The van der Waals surface area contributed by atoms with Gasteiger partial charge >= 0.3 is 0 Å². The maximum absolute atomic E-state index is 9.83. The highest BCUT2D eigenvalue weighted by atomic mass is 32.1. The molecule has 21 heavy (non-hydrogen) atoms. The number of nitrogens with zero attached hydrogens (tertiary/aromatic N) is 2. The zero-order chi connectivity index (χ0) is 15.4. The molecule has 0 fully saturated rings. The van der Waals surface area contributed by atoms with Crippen molar-refractivity contribution in [2.45, 2.75) is 13.8 Å². The Morgan fingerprint density at radius 3 is 2.33 bits per heavy atom. The van der Waals surface area contributed by atoms with Gasteiger partial charge in [0.25, 0.3) is 0 Å². The maximum atomic E-state index is 9.83. The van der Waals surface area contributed by atoms with Gasteiger partial charge in [-0.3, -0.25) is 5.43 Å². The van der Waals surface area contributed by atoms with Gasteiger partial charge in [0.1, 0.15) is 0 Å². The monoisotopic (exact) mass is 307 g/mol. The van der Waals surface area contributed by atoms with Crippen molar-refractivity contribution in [2.24, 2.45) is 5.10 Å². The third-order valence-corrected chi connectivity index (χ3v) is 3.88. The molecule has 112 valence electrons. The summed E-state index contributed by atoms with van der Waals surface area (Å²) in [4.78, 5) is 5.48. The number of rotatable bonds is 5.